The van der Waals surface area contributed by atoms with Crippen molar-refractivity contribution in [3.8, 4) is 0 Å². The highest BCUT2D eigenvalue weighted by atomic mass is 16.3. The Bertz CT molecular complexity index is 3990. The third-order valence-corrected chi connectivity index (χ3v) is 17.8. The Labute approximate surface area is 463 Å². The van der Waals surface area contributed by atoms with Gasteiger partial charge < -0.3 is 19.1 Å². The fourth-order valence-corrected chi connectivity index (χ4v) is 13.4. The quantitative estimate of drug-likeness (QED) is 0.160. The summed E-state index contributed by atoms with van der Waals surface area (Å²) in [5.74, 6) is 0. The van der Waals surface area contributed by atoms with Gasteiger partial charge in [-0.2, -0.15) is 0 Å². The third kappa shape index (κ3) is 7.62. The Morgan fingerprint density at radius 3 is 1.47 bits per heavy atom. The van der Waals surface area contributed by atoms with Gasteiger partial charge in [-0.3, -0.25) is 0 Å². The Balaban J connectivity index is 1.13. The molecule has 3 heterocycles. The topological polar surface area (TPSA) is 22.9 Å². The molecule has 388 valence electrons. The predicted molar refractivity (Wildman–Crippen MR) is 334 cm³/mol. The van der Waals surface area contributed by atoms with Gasteiger partial charge in [0.2, 0.25) is 0 Å². The van der Waals surface area contributed by atoms with E-state index in [1.807, 2.05) is 0 Å². The van der Waals surface area contributed by atoms with Gasteiger partial charge in [0.1, 0.15) is 5.58 Å². The van der Waals surface area contributed by atoms with E-state index in [1.165, 1.54) is 83.6 Å². The fraction of sp³-hybridized carbons (Fsp3) is 0.260. The second-order valence-electron chi connectivity index (χ2n) is 26.8. The van der Waals surface area contributed by atoms with E-state index in [2.05, 4.69) is 294 Å². The molecule has 0 N–H and O–H groups in total. The lowest BCUT2D eigenvalue weighted by molar-refractivity contribution is 0.521. The van der Waals surface area contributed by atoms with E-state index in [0.29, 0.717) is 0 Å². The molecule has 4 nitrogen and oxygen atoms in total. The van der Waals surface area contributed by atoms with Crippen molar-refractivity contribution in [3.05, 3.63) is 226 Å². The number of aryl methyl sites for hydroxylation is 1. The second kappa shape index (κ2) is 17.1. The molecule has 0 amide bonds. The van der Waals surface area contributed by atoms with Gasteiger partial charge in [-0.15, -0.1) is 0 Å². The molecule has 0 unspecified atom stereocenters. The van der Waals surface area contributed by atoms with Crippen molar-refractivity contribution in [2.24, 2.45) is 0 Å². The normalized spacial score (nSPS) is 15.2. The number of anilines is 9. The molecule has 0 saturated carbocycles. The smallest absolute Gasteiger partial charge is 0.252 e. The van der Waals surface area contributed by atoms with Gasteiger partial charge in [0.15, 0.2) is 5.58 Å². The molecule has 0 saturated heterocycles. The zero-order valence-electron chi connectivity index (χ0n) is 48.1. The molecule has 5 heteroatoms. The number of furan rings is 1. The Hall–Kier alpha value is -7.76. The van der Waals surface area contributed by atoms with Crippen molar-refractivity contribution in [1.82, 2.24) is 0 Å². The third-order valence-electron chi connectivity index (χ3n) is 17.8. The maximum atomic E-state index is 7.03. The molecular formula is C73H72BN3O. The van der Waals surface area contributed by atoms with Crippen LogP contribution in [0, 0.1) is 6.92 Å². The Morgan fingerprint density at radius 1 is 0.410 bits per heavy atom. The molecule has 3 aliphatic rings. The van der Waals surface area contributed by atoms with Crippen molar-refractivity contribution in [3.63, 3.8) is 0 Å². The van der Waals surface area contributed by atoms with Crippen LogP contribution in [-0.2, 0) is 27.1 Å². The second-order valence-corrected chi connectivity index (χ2v) is 26.8. The minimum Gasteiger partial charge on any atom is -0.454 e. The number of rotatable bonds is 5. The van der Waals surface area contributed by atoms with Crippen LogP contribution in [0.25, 0.3) is 21.9 Å². The van der Waals surface area contributed by atoms with Crippen LogP contribution in [0.4, 0.5) is 51.2 Å². The summed E-state index contributed by atoms with van der Waals surface area (Å²) in [5.41, 5.74) is 26.0. The molecule has 10 aromatic rings. The molecule has 0 spiro atoms. The number of benzene rings is 9. The van der Waals surface area contributed by atoms with Gasteiger partial charge in [0.05, 0.1) is 5.69 Å². The van der Waals surface area contributed by atoms with Crippen molar-refractivity contribution in [2.45, 2.75) is 124 Å². The van der Waals surface area contributed by atoms with E-state index in [-0.39, 0.29) is 33.8 Å². The lowest BCUT2D eigenvalue weighted by atomic mass is 9.33. The van der Waals surface area contributed by atoms with Gasteiger partial charge in [-0.05, 0) is 169 Å². The van der Waals surface area contributed by atoms with E-state index in [1.54, 1.807) is 0 Å². The molecular weight excluding hydrogens is 946 g/mol. The molecule has 1 aliphatic carbocycles. The van der Waals surface area contributed by atoms with Crippen molar-refractivity contribution in [1.29, 1.82) is 0 Å². The van der Waals surface area contributed by atoms with Crippen molar-refractivity contribution >= 4 is 96.2 Å². The first-order chi connectivity index (χ1) is 37.0. The zero-order chi connectivity index (χ0) is 54.6. The van der Waals surface area contributed by atoms with Crippen molar-refractivity contribution < 1.29 is 4.42 Å². The van der Waals surface area contributed by atoms with Crippen LogP contribution in [0.2, 0.25) is 0 Å². The van der Waals surface area contributed by atoms with E-state index in [0.717, 1.165) is 50.4 Å². The van der Waals surface area contributed by atoms with E-state index < -0.39 is 0 Å². The summed E-state index contributed by atoms with van der Waals surface area (Å²) in [6.45, 7) is 32.5. The summed E-state index contributed by atoms with van der Waals surface area (Å²) in [6.07, 6.45) is 0. The molecule has 0 bridgehead atoms. The monoisotopic (exact) mass is 1020 g/mol. The zero-order valence-corrected chi connectivity index (χ0v) is 48.1. The predicted octanol–water partition coefficient (Wildman–Crippen LogP) is 18.3. The minimum atomic E-state index is -0.273. The van der Waals surface area contributed by atoms with Gasteiger partial charge in [-0.25, -0.2) is 0 Å². The van der Waals surface area contributed by atoms with E-state index in [9.17, 15) is 0 Å². The first-order valence-corrected chi connectivity index (χ1v) is 28.2. The molecule has 1 aromatic heterocycles. The molecule has 0 radical (unpaired) electrons. The highest BCUT2D eigenvalue weighted by Crippen LogP contribution is 2.54. The lowest BCUT2D eigenvalue weighted by Gasteiger charge is -2.48. The van der Waals surface area contributed by atoms with Crippen LogP contribution >= 0.6 is 0 Å². The average molecular weight is 1020 g/mol. The van der Waals surface area contributed by atoms with Crippen LogP contribution in [-0.4, -0.2) is 6.71 Å². The summed E-state index contributed by atoms with van der Waals surface area (Å²) in [7, 11) is 0. The average Bonchev–Trinajstić information content (AvgIpc) is 3.84. The first-order valence-electron chi connectivity index (χ1n) is 28.2. The standard InChI is InChI=1S/C73H72BN3O/c1-45-40-64-67-65(41-45)77(62-24-19-21-54-53-20-15-18-25-66(53)78-68(54)62)63-44-58-57(72(11,12)55-22-16-17-23-56(55)73(58,13)14)43-60(63)74(67)59-42-52(38-39-61(59)76(64)51-36-30-48(31-37-51)71(8,9)10)75(49-32-26-46(27-33-49)69(2,3)4)50-34-28-47(29-35-50)70(5,6)7/h15-44H,1-14H3. The maximum Gasteiger partial charge on any atom is 0.252 e. The lowest BCUT2D eigenvalue weighted by Crippen LogP contribution is -2.62. The summed E-state index contributed by atoms with van der Waals surface area (Å²) < 4.78 is 7.03. The Kier molecular flexibility index (Phi) is 10.9. The molecule has 78 heavy (non-hydrogen) atoms. The number of hydrogen-bond donors (Lipinski definition) is 0. The van der Waals surface area contributed by atoms with Gasteiger partial charge in [0, 0.05) is 67.1 Å². The summed E-state index contributed by atoms with van der Waals surface area (Å²) in [6, 6.07) is 69.6. The van der Waals surface area contributed by atoms with Crippen LogP contribution < -0.4 is 31.1 Å². The number of fused-ring (bicyclic) bond motifs is 9. The number of nitrogens with zero attached hydrogens (tertiary/aromatic N) is 3. The minimum absolute atomic E-state index is 0.00430. The first kappa shape index (κ1) is 49.8. The van der Waals surface area contributed by atoms with E-state index in [4.69, 9.17) is 4.42 Å². The maximum absolute atomic E-state index is 7.03. The van der Waals surface area contributed by atoms with Crippen LogP contribution in [0.15, 0.2) is 186 Å². The van der Waals surface area contributed by atoms with Gasteiger partial charge >= 0.3 is 0 Å². The van der Waals surface area contributed by atoms with Crippen LogP contribution in [0.3, 0.4) is 0 Å². The molecule has 0 fully saturated rings. The van der Waals surface area contributed by atoms with Crippen LogP contribution in [0.1, 0.15) is 135 Å². The molecule has 2 aliphatic heterocycles. The fourth-order valence-electron chi connectivity index (χ4n) is 13.4. The van der Waals surface area contributed by atoms with E-state index >= 15 is 0 Å². The van der Waals surface area contributed by atoms with Gasteiger partial charge in [0.25, 0.3) is 6.71 Å². The summed E-state index contributed by atoms with van der Waals surface area (Å²) in [5, 5.41) is 2.24. The largest absolute Gasteiger partial charge is 0.454 e. The van der Waals surface area contributed by atoms with Gasteiger partial charge in [-0.1, -0.05) is 187 Å². The Morgan fingerprint density at radius 2 is 0.897 bits per heavy atom. The molecule has 0 atom stereocenters. The number of para-hydroxylation sites is 2. The molecule has 9 aromatic carbocycles. The van der Waals surface area contributed by atoms with Crippen molar-refractivity contribution in [2.75, 3.05) is 14.7 Å². The molecule has 13 rings (SSSR count). The number of hydrogen-bond acceptors (Lipinski definition) is 4. The SMILES string of the molecule is Cc1cc2c3c(c1)N(c1cccc4c1oc1ccccc14)c1cc4c(cc1B3c1cc(N(c3ccc(C(C)(C)C)cc3)c3ccc(C(C)(C)C)cc3)ccc1N2c1ccc(C(C)(C)C)cc1)C(C)(C)c1ccccc1C4(C)C. The van der Waals surface area contributed by atoms with Crippen LogP contribution in [0.5, 0.6) is 0 Å². The highest BCUT2D eigenvalue weighted by Gasteiger charge is 2.48. The highest BCUT2D eigenvalue weighted by molar-refractivity contribution is 7.00. The summed E-state index contributed by atoms with van der Waals surface area (Å²) in [4.78, 5) is 7.60. The summed E-state index contributed by atoms with van der Waals surface area (Å²) >= 11 is 0.